The monoisotopic (exact) mass is 480 g/mol. The smallest absolute Gasteiger partial charge is 0.412 e. The maximum absolute atomic E-state index is 12.4. The van der Waals surface area contributed by atoms with Crippen molar-refractivity contribution in [2.24, 2.45) is 0 Å². The van der Waals surface area contributed by atoms with Crippen LogP contribution in [0.1, 0.15) is 50.8 Å². The quantitative estimate of drug-likeness (QED) is 0.539. The number of hydrogen-bond donors (Lipinski definition) is 1. The van der Waals surface area contributed by atoms with E-state index in [0.29, 0.717) is 24.5 Å². The fourth-order valence-electron chi connectivity index (χ4n) is 4.05. The standard InChI is InChI=1S/C26H32N4O5/c1-26(2,3)35-25(32)29-12-10-19(11-13-29)21-14-20-15-22(23(33-4)16-30(20)28-21)27-24(31)34-17-18-8-6-5-7-9-18/h5-9,14-16,19H,10-13,17H2,1-4H3,(H,27,31). The summed E-state index contributed by atoms with van der Waals surface area (Å²) in [5, 5.41) is 7.49. The lowest BCUT2D eigenvalue weighted by molar-refractivity contribution is 0.0204. The topological polar surface area (TPSA) is 94.4 Å². The van der Waals surface area contributed by atoms with Crippen LogP contribution in [0.4, 0.5) is 15.3 Å². The number of anilines is 1. The van der Waals surface area contributed by atoms with Gasteiger partial charge in [-0.3, -0.25) is 5.32 Å². The summed E-state index contributed by atoms with van der Waals surface area (Å²) in [7, 11) is 1.54. The van der Waals surface area contributed by atoms with E-state index >= 15 is 0 Å². The highest BCUT2D eigenvalue weighted by Gasteiger charge is 2.28. The van der Waals surface area contributed by atoms with Gasteiger partial charge < -0.3 is 19.1 Å². The zero-order chi connectivity index (χ0) is 25.0. The lowest BCUT2D eigenvalue weighted by atomic mass is 9.94. The van der Waals surface area contributed by atoms with Gasteiger partial charge in [0.05, 0.1) is 30.2 Å². The molecule has 1 aromatic carbocycles. The number of carbonyl (C=O) groups is 2. The third kappa shape index (κ3) is 6.23. The second-order valence-electron chi connectivity index (χ2n) is 9.62. The van der Waals surface area contributed by atoms with Crippen molar-refractivity contribution in [1.82, 2.24) is 14.5 Å². The molecule has 2 aromatic heterocycles. The van der Waals surface area contributed by atoms with Crippen molar-refractivity contribution in [3.63, 3.8) is 0 Å². The molecule has 0 saturated carbocycles. The number of fused-ring (bicyclic) bond motifs is 1. The molecule has 1 saturated heterocycles. The van der Waals surface area contributed by atoms with Crippen molar-refractivity contribution in [1.29, 1.82) is 0 Å². The van der Waals surface area contributed by atoms with Crippen LogP contribution in [0.25, 0.3) is 5.52 Å². The van der Waals surface area contributed by atoms with Crippen LogP contribution in [-0.4, -0.2) is 52.5 Å². The normalized spacial score (nSPS) is 14.6. The molecule has 0 aliphatic carbocycles. The van der Waals surface area contributed by atoms with Crippen LogP contribution < -0.4 is 10.1 Å². The molecule has 1 N–H and O–H groups in total. The molecule has 0 atom stereocenters. The molecule has 2 amide bonds. The predicted octanol–water partition coefficient (Wildman–Crippen LogP) is 5.21. The number of piperidine rings is 1. The number of hydrogen-bond acceptors (Lipinski definition) is 6. The fourth-order valence-corrected chi connectivity index (χ4v) is 4.05. The number of ether oxygens (including phenoxy) is 3. The number of benzene rings is 1. The molecule has 3 aromatic rings. The van der Waals surface area contributed by atoms with Crippen molar-refractivity contribution in [2.45, 2.75) is 51.7 Å². The van der Waals surface area contributed by atoms with Gasteiger partial charge in [0, 0.05) is 19.0 Å². The van der Waals surface area contributed by atoms with Gasteiger partial charge in [-0.05, 0) is 51.3 Å². The Bertz CT molecular complexity index is 1180. The first-order valence-corrected chi connectivity index (χ1v) is 11.7. The van der Waals surface area contributed by atoms with Crippen LogP contribution >= 0.6 is 0 Å². The van der Waals surface area contributed by atoms with Gasteiger partial charge in [-0.2, -0.15) is 5.10 Å². The molecule has 0 bridgehead atoms. The van der Waals surface area contributed by atoms with Crippen LogP contribution in [0.15, 0.2) is 48.7 Å². The number of pyridine rings is 1. The first kappa shape index (κ1) is 24.4. The van der Waals surface area contributed by atoms with E-state index < -0.39 is 11.7 Å². The van der Waals surface area contributed by atoms with E-state index in [0.717, 1.165) is 29.6 Å². The van der Waals surface area contributed by atoms with Crippen molar-refractivity contribution < 1.29 is 23.8 Å². The molecule has 1 aliphatic rings. The summed E-state index contributed by atoms with van der Waals surface area (Å²) in [6.45, 7) is 7.03. The first-order valence-electron chi connectivity index (χ1n) is 11.7. The Morgan fingerprint density at radius 2 is 1.83 bits per heavy atom. The maximum atomic E-state index is 12.4. The zero-order valence-electron chi connectivity index (χ0n) is 20.6. The molecule has 0 unspecified atom stereocenters. The highest BCUT2D eigenvalue weighted by Crippen LogP contribution is 2.31. The van der Waals surface area contributed by atoms with Gasteiger partial charge in [0.1, 0.15) is 12.2 Å². The third-order valence-corrected chi connectivity index (χ3v) is 5.82. The van der Waals surface area contributed by atoms with Crippen LogP contribution in [0.2, 0.25) is 0 Å². The molecular weight excluding hydrogens is 448 g/mol. The number of rotatable bonds is 5. The summed E-state index contributed by atoms with van der Waals surface area (Å²) in [5.74, 6) is 0.704. The van der Waals surface area contributed by atoms with E-state index in [1.807, 2.05) is 63.2 Å². The minimum Gasteiger partial charge on any atom is -0.493 e. The Morgan fingerprint density at radius 3 is 2.49 bits per heavy atom. The van der Waals surface area contributed by atoms with Gasteiger partial charge in [-0.1, -0.05) is 30.3 Å². The summed E-state index contributed by atoms with van der Waals surface area (Å²) in [5.41, 5.74) is 2.68. The Labute approximate surface area is 205 Å². The Morgan fingerprint density at radius 1 is 1.11 bits per heavy atom. The van der Waals surface area contributed by atoms with Crippen LogP contribution in [-0.2, 0) is 16.1 Å². The Balaban J connectivity index is 1.41. The molecule has 35 heavy (non-hydrogen) atoms. The highest BCUT2D eigenvalue weighted by atomic mass is 16.6. The van der Waals surface area contributed by atoms with Crippen molar-refractivity contribution in [3.8, 4) is 5.75 Å². The highest BCUT2D eigenvalue weighted by molar-refractivity contribution is 5.88. The number of amides is 2. The lowest BCUT2D eigenvalue weighted by Crippen LogP contribution is -2.41. The fraction of sp³-hybridized carbons (Fsp3) is 0.423. The van der Waals surface area contributed by atoms with E-state index in [9.17, 15) is 9.59 Å². The van der Waals surface area contributed by atoms with E-state index in [1.54, 1.807) is 22.7 Å². The minimum absolute atomic E-state index is 0.177. The molecule has 1 aliphatic heterocycles. The molecule has 186 valence electrons. The molecule has 0 radical (unpaired) electrons. The second-order valence-corrected chi connectivity index (χ2v) is 9.62. The average molecular weight is 481 g/mol. The summed E-state index contributed by atoms with van der Waals surface area (Å²) in [4.78, 5) is 26.5. The summed E-state index contributed by atoms with van der Waals surface area (Å²) < 4.78 is 18.0. The van der Waals surface area contributed by atoms with Gasteiger partial charge in [0.15, 0.2) is 5.75 Å². The predicted molar refractivity (Wildman–Crippen MR) is 132 cm³/mol. The number of methoxy groups -OCH3 is 1. The second kappa shape index (κ2) is 10.2. The largest absolute Gasteiger partial charge is 0.493 e. The molecule has 9 nitrogen and oxygen atoms in total. The first-order chi connectivity index (χ1) is 16.7. The number of aromatic nitrogens is 2. The van der Waals surface area contributed by atoms with Crippen molar-refractivity contribution in [3.05, 3.63) is 59.9 Å². The molecule has 9 heteroatoms. The summed E-state index contributed by atoms with van der Waals surface area (Å²) in [6, 6.07) is 13.3. The lowest BCUT2D eigenvalue weighted by Gasteiger charge is -2.32. The van der Waals surface area contributed by atoms with Crippen molar-refractivity contribution in [2.75, 3.05) is 25.5 Å². The maximum Gasteiger partial charge on any atom is 0.412 e. The molecule has 1 fully saturated rings. The van der Waals surface area contributed by atoms with Crippen molar-refractivity contribution >= 4 is 23.4 Å². The van der Waals surface area contributed by atoms with Gasteiger partial charge in [0.25, 0.3) is 0 Å². The third-order valence-electron chi connectivity index (χ3n) is 5.82. The number of nitrogens with one attached hydrogen (secondary N) is 1. The summed E-state index contributed by atoms with van der Waals surface area (Å²) in [6.07, 6.45) is 2.51. The van der Waals surface area contributed by atoms with Crippen LogP contribution in [0.5, 0.6) is 5.75 Å². The van der Waals surface area contributed by atoms with Crippen LogP contribution in [0.3, 0.4) is 0 Å². The van der Waals surface area contributed by atoms with Gasteiger partial charge in [-0.25, -0.2) is 14.1 Å². The molecule has 4 rings (SSSR count). The average Bonchev–Trinajstić information content (AvgIpc) is 3.25. The molecule has 3 heterocycles. The van der Waals surface area contributed by atoms with E-state index in [-0.39, 0.29) is 18.6 Å². The van der Waals surface area contributed by atoms with Crippen LogP contribution in [0, 0.1) is 0 Å². The Hall–Kier alpha value is -3.75. The van der Waals surface area contributed by atoms with Gasteiger partial charge >= 0.3 is 12.2 Å². The zero-order valence-corrected chi connectivity index (χ0v) is 20.6. The molecular formula is C26H32N4O5. The number of nitrogens with zero attached hydrogens (tertiary/aromatic N) is 3. The molecule has 0 spiro atoms. The Kier molecular flexibility index (Phi) is 7.14. The van der Waals surface area contributed by atoms with E-state index in [1.165, 1.54) is 0 Å². The minimum atomic E-state index is -0.564. The number of carbonyl (C=O) groups excluding carboxylic acids is 2. The van der Waals surface area contributed by atoms with Gasteiger partial charge in [0.2, 0.25) is 0 Å². The summed E-state index contributed by atoms with van der Waals surface area (Å²) >= 11 is 0. The number of likely N-dealkylation sites (tertiary alicyclic amines) is 1. The van der Waals surface area contributed by atoms with E-state index in [4.69, 9.17) is 19.3 Å². The SMILES string of the molecule is COc1cn2nc(C3CCN(C(=O)OC(C)(C)C)CC3)cc2cc1NC(=O)OCc1ccccc1. The van der Waals surface area contributed by atoms with Gasteiger partial charge in [-0.15, -0.1) is 0 Å². The van der Waals surface area contributed by atoms with E-state index in [2.05, 4.69) is 5.32 Å².